The SMILES string of the molecule is NC[C@H](N)c1cc(Cl)ccc1Br. The van der Waals surface area contributed by atoms with Crippen LogP contribution in [0.1, 0.15) is 11.6 Å². The standard InChI is InChI=1S/C8H10BrClN2/c9-7-2-1-5(10)3-6(7)8(12)4-11/h1-3,8H,4,11-12H2/t8-/m0/s1. The summed E-state index contributed by atoms with van der Waals surface area (Å²) in [6.07, 6.45) is 0. The zero-order chi connectivity index (χ0) is 9.14. The van der Waals surface area contributed by atoms with Crippen LogP contribution in [0.3, 0.4) is 0 Å². The van der Waals surface area contributed by atoms with E-state index in [9.17, 15) is 0 Å². The number of rotatable bonds is 2. The number of benzene rings is 1. The van der Waals surface area contributed by atoms with Crippen molar-refractivity contribution in [3.8, 4) is 0 Å². The van der Waals surface area contributed by atoms with E-state index in [2.05, 4.69) is 15.9 Å². The van der Waals surface area contributed by atoms with Crippen LogP contribution < -0.4 is 11.5 Å². The van der Waals surface area contributed by atoms with E-state index >= 15 is 0 Å². The molecule has 12 heavy (non-hydrogen) atoms. The molecule has 1 aromatic carbocycles. The van der Waals surface area contributed by atoms with Crippen LogP contribution in [0.2, 0.25) is 5.02 Å². The Kier molecular flexibility index (Phi) is 3.53. The van der Waals surface area contributed by atoms with E-state index in [0.29, 0.717) is 11.6 Å². The molecule has 4 heteroatoms. The normalized spacial score (nSPS) is 13.0. The third-order valence-electron chi connectivity index (χ3n) is 1.61. The van der Waals surface area contributed by atoms with Gasteiger partial charge in [-0.25, -0.2) is 0 Å². The van der Waals surface area contributed by atoms with Crippen LogP contribution >= 0.6 is 27.5 Å². The summed E-state index contributed by atoms with van der Waals surface area (Å²) in [5.74, 6) is 0. The molecule has 1 atom stereocenters. The predicted molar refractivity (Wildman–Crippen MR) is 55.1 cm³/mol. The van der Waals surface area contributed by atoms with Gasteiger partial charge in [0.1, 0.15) is 0 Å². The van der Waals surface area contributed by atoms with Gasteiger partial charge in [-0.05, 0) is 23.8 Å². The fraction of sp³-hybridized carbons (Fsp3) is 0.250. The first-order valence-corrected chi connectivity index (χ1v) is 4.73. The van der Waals surface area contributed by atoms with Crippen LogP contribution in [0.15, 0.2) is 22.7 Å². The van der Waals surface area contributed by atoms with E-state index in [-0.39, 0.29) is 6.04 Å². The van der Waals surface area contributed by atoms with Gasteiger partial charge < -0.3 is 11.5 Å². The molecule has 1 rings (SSSR count). The van der Waals surface area contributed by atoms with Crippen molar-refractivity contribution in [2.24, 2.45) is 11.5 Å². The van der Waals surface area contributed by atoms with Crippen LogP contribution in [0.25, 0.3) is 0 Å². The zero-order valence-corrected chi connectivity index (χ0v) is 8.77. The van der Waals surface area contributed by atoms with Gasteiger partial charge >= 0.3 is 0 Å². The molecule has 2 nitrogen and oxygen atoms in total. The maximum atomic E-state index is 5.80. The van der Waals surface area contributed by atoms with Gasteiger partial charge in [0.15, 0.2) is 0 Å². The molecule has 4 N–H and O–H groups in total. The van der Waals surface area contributed by atoms with Gasteiger partial charge in [-0.2, -0.15) is 0 Å². The molecule has 0 aliphatic heterocycles. The molecule has 0 fully saturated rings. The smallest absolute Gasteiger partial charge is 0.0431 e. The second kappa shape index (κ2) is 4.23. The molecule has 0 radical (unpaired) electrons. The fourth-order valence-electron chi connectivity index (χ4n) is 0.926. The number of nitrogens with two attached hydrogens (primary N) is 2. The highest BCUT2D eigenvalue weighted by atomic mass is 79.9. The number of halogens is 2. The van der Waals surface area contributed by atoms with Crippen LogP contribution in [0.5, 0.6) is 0 Å². The van der Waals surface area contributed by atoms with Crippen LogP contribution in [-0.2, 0) is 0 Å². The summed E-state index contributed by atoms with van der Waals surface area (Å²) in [5, 5.41) is 0.678. The van der Waals surface area contributed by atoms with Crippen molar-refractivity contribution in [3.63, 3.8) is 0 Å². The quantitative estimate of drug-likeness (QED) is 0.843. The summed E-state index contributed by atoms with van der Waals surface area (Å²) in [7, 11) is 0. The van der Waals surface area contributed by atoms with E-state index in [1.54, 1.807) is 6.07 Å². The first-order valence-electron chi connectivity index (χ1n) is 3.55. The van der Waals surface area contributed by atoms with Gasteiger partial charge in [-0.3, -0.25) is 0 Å². The van der Waals surface area contributed by atoms with Crippen molar-refractivity contribution in [2.45, 2.75) is 6.04 Å². The lowest BCUT2D eigenvalue weighted by molar-refractivity contribution is 0.733. The molecule has 0 saturated carbocycles. The average Bonchev–Trinajstić information content (AvgIpc) is 2.08. The predicted octanol–water partition coefficient (Wildman–Crippen LogP) is 2.06. The van der Waals surface area contributed by atoms with Crippen molar-refractivity contribution in [2.75, 3.05) is 6.54 Å². The van der Waals surface area contributed by atoms with Crippen molar-refractivity contribution < 1.29 is 0 Å². The summed E-state index contributed by atoms with van der Waals surface area (Å²) < 4.78 is 0.949. The van der Waals surface area contributed by atoms with Gasteiger partial charge in [0.2, 0.25) is 0 Å². The third kappa shape index (κ3) is 2.20. The largest absolute Gasteiger partial charge is 0.329 e. The zero-order valence-electron chi connectivity index (χ0n) is 6.43. The summed E-state index contributed by atoms with van der Waals surface area (Å²) in [6, 6.07) is 5.34. The Morgan fingerprint density at radius 1 is 1.50 bits per heavy atom. The van der Waals surface area contributed by atoms with E-state index in [1.807, 2.05) is 12.1 Å². The Balaban J connectivity index is 3.04. The highest BCUT2D eigenvalue weighted by Crippen LogP contribution is 2.24. The van der Waals surface area contributed by atoms with Crippen LogP contribution in [0, 0.1) is 0 Å². The van der Waals surface area contributed by atoms with Crippen LogP contribution in [0.4, 0.5) is 0 Å². The monoisotopic (exact) mass is 248 g/mol. The summed E-state index contributed by atoms with van der Waals surface area (Å²) in [5.41, 5.74) is 12.1. The van der Waals surface area contributed by atoms with Crippen molar-refractivity contribution in [3.05, 3.63) is 33.3 Å². The third-order valence-corrected chi connectivity index (χ3v) is 2.57. The number of hydrogen-bond acceptors (Lipinski definition) is 2. The molecule has 1 aromatic rings. The lowest BCUT2D eigenvalue weighted by Crippen LogP contribution is -2.21. The van der Waals surface area contributed by atoms with Crippen LogP contribution in [-0.4, -0.2) is 6.54 Å². The molecule has 0 heterocycles. The summed E-state index contributed by atoms with van der Waals surface area (Å²) in [6.45, 7) is 0.416. The van der Waals surface area contributed by atoms with Gasteiger partial charge in [0, 0.05) is 22.1 Å². The minimum Gasteiger partial charge on any atom is -0.329 e. The molecule has 0 unspecified atom stereocenters. The lowest BCUT2D eigenvalue weighted by atomic mass is 10.1. The fourth-order valence-corrected chi connectivity index (χ4v) is 1.65. The summed E-state index contributed by atoms with van der Waals surface area (Å²) in [4.78, 5) is 0. The first kappa shape index (κ1) is 9.99. The molecule has 0 spiro atoms. The minimum atomic E-state index is -0.155. The maximum Gasteiger partial charge on any atom is 0.0431 e. The van der Waals surface area contributed by atoms with Crippen molar-refractivity contribution >= 4 is 27.5 Å². The second-order valence-corrected chi connectivity index (χ2v) is 3.80. The highest BCUT2D eigenvalue weighted by molar-refractivity contribution is 9.10. The number of hydrogen-bond donors (Lipinski definition) is 2. The molecule has 0 aliphatic carbocycles. The lowest BCUT2D eigenvalue weighted by Gasteiger charge is -2.11. The highest BCUT2D eigenvalue weighted by Gasteiger charge is 2.07. The van der Waals surface area contributed by atoms with Gasteiger partial charge in [-0.1, -0.05) is 27.5 Å². The second-order valence-electron chi connectivity index (χ2n) is 2.51. The Bertz CT molecular complexity index is 278. The first-order chi connectivity index (χ1) is 5.65. The summed E-state index contributed by atoms with van der Waals surface area (Å²) >= 11 is 9.18. The average molecular weight is 250 g/mol. The molecule has 0 bridgehead atoms. The van der Waals surface area contributed by atoms with Gasteiger partial charge in [-0.15, -0.1) is 0 Å². The van der Waals surface area contributed by atoms with E-state index in [4.69, 9.17) is 23.1 Å². The van der Waals surface area contributed by atoms with Crippen molar-refractivity contribution in [1.82, 2.24) is 0 Å². The molecule has 66 valence electrons. The molecular formula is C8H10BrClN2. The van der Waals surface area contributed by atoms with Gasteiger partial charge in [0.05, 0.1) is 0 Å². The topological polar surface area (TPSA) is 52.0 Å². The molecule has 0 saturated heterocycles. The molecule has 0 aliphatic rings. The Morgan fingerprint density at radius 2 is 2.17 bits per heavy atom. The Hall–Kier alpha value is -0.0900. The van der Waals surface area contributed by atoms with E-state index in [0.717, 1.165) is 10.0 Å². The van der Waals surface area contributed by atoms with Crippen molar-refractivity contribution in [1.29, 1.82) is 0 Å². The van der Waals surface area contributed by atoms with E-state index < -0.39 is 0 Å². The maximum absolute atomic E-state index is 5.80. The molecule has 0 aromatic heterocycles. The van der Waals surface area contributed by atoms with E-state index in [1.165, 1.54) is 0 Å². The Morgan fingerprint density at radius 3 is 2.75 bits per heavy atom. The molecule has 0 amide bonds. The minimum absolute atomic E-state index is 0.155. The van der Waals surface area contributed by atoms with Gasteiger partial charge in [0.25, 0.3) is 0 Å². The Labute approximate surface area is 85.0 Å². The molecular weight excluding hydrogens is 239 g/mol.